The smallest absolute Gasteiger partial charge is 0.407 e. The van der Waals surface area contributed by atoms with Crippen LogP contribution in [0.1, 0.15) is 46.4 Å². The number of amides is 1. The average molecular weight is 438 g/mol. The predicted molar refractivity (Wildman–Crippen MR) is 114 cm³/mol. The highest BCUT2D eigenvalue weighted by atomic mass is 35.5. The molecule has 1 fully saturated rings. The second-order valence-electron chi connectivity index (χ2n) is 8.26. The van der Waals surface area contributed by atoms with Crippen molar-refractivity contribution in [2.24, 2.45) is 0 Å². The van der Waals surface area contributed by atoms with Gasteiger partial charge in [0.05, 0.1) is 12.1 Å². The predicted octanol–water partition coefficient (Wildman–Crippen LogP) is 3.21. The van der Waals surface area contributed by atoms with Crippen LogP contribution in [0.2, 0.25) is 5.15 Å². The number of alkyl carbamates (subject to hydrolysis) is 1. The molecule has 2 aromatic rings. The van der Waals surface area contributed by atoms with Crippen molar-refractivity contribution in [1.29, 1.82) is 0 Å². The Morgan fingerprint density at radius 2 is 2.13 bits per heavy atom. The standard InChI is InChI=1S/C20H28ClN5O4/c1-5-29-16(27)10-15-23-13-9-14(21)24-18(17(13)25-15)26-8-6-7-12(11-26)22-19(28)30-20(2,3)4/h9,12H,5-8,10-11H2,1-4H3,(H,22,28)(H,23,25). The number of piperidine rings is 1. The molecule has 3 heterocycles. The van der Waals surface area contributed by atoms with Crippen molar-refractivity contribution in [3.63, 3.8) is 0 Å². The molecule has 1 aliphatic heterocycles. The Morgan fingerprint density at radius 3 is 2.83 bits per heavy atom. The molecule has 9 nitrogen and oxygen atoms in total. The molecule has 0 aromatic carbocycles. The van der Waals surface area contributed by atoms with E-state index >= 15 is 0 Å². The number of hydrogen-bond acceptors (Lipinski definition) is 7. The average Bonchev–Trinajstić information content (AvgIpc) is 3.01. The molecule has 0 spiro atoms. The van der Waals surface area contributed by atoms with Crippen LogP contribution in [0.25, 0.3) is 11.0 Å². The molecule has 3 rings (SSSR count). The number of carbonyl (C=O) groups is 2. The number of imidazole rings is 1. The Labute approximate surface area is 180 Å². The van der Waals surface area contributed by atoms with Crippen LogP contribution in [0, 0.1) is 0 Å². The summed E-state index contributed by atoms with van der Waals surface area (Å²) in [6, 6.07) is 1.60. The molecule has 0 radical (unpaired) electrons. The molecule has 1 unspecified atom stereocenters. The van der Waals surface area contributed by atoms with E-state index in [1.54, 1.807) is 13.0 Å². The minimum Gasteiger partial charge on any atom is -0.466 e. The lowest BCUT2D eigenvalue weighted by Gasteiger charge is -2.34. The number of aromatic nitrogens is 3. The topological polar surface area (TPSA) is 109 Å². The van der Waals surface area contributed by atoms with Crippen LogP contribution < -0.4 is 10.2 Å². The number of H-pyrrole nitrogens is 1. The summed E-state index contributed by atoms with van der Waals surface area (Å²) in [5.41, 5.74) is 0.784. The molecule has 0 saturated carbocycles. The second kappa shape index (κ2) is 9.07. The normalized spacial score (nSPS) is 17.1. The third kappa shape index (κ3) is 5.75. The van der Waals surface area contributed by atoms with Crippen molar-refractivity contribution in [3.8, 4) is 0 Å². The van der Waals surface area contributed by atoms with Crippen LogP contribution in [0.5, 0.6) is 0 Å². The number of fused-ring (bicyclic) bond motifs is 1. The zero-order valence-corrected chi connectivity index (χ0v) is 18.5. The van der Waals surface area contributed by atoms with Gasteiger partial charge in [0.2, 0.25) is 0 Å². The first kappa shape index (κ1) is 22.1. The molecular weight excluding hydrogens is 410 g/mol. The lowest BCUT2D eigenvalue weighted by atomic mass is 10.1. The van der Waals surface area contributed by atoms with Crippen LogP contribution in [0.15, 0.2) is 6.07 Å². The Balaban J connectivity index is 1.78. The molecule has 1 amide bonds. The maximum absolute atomic E-state index is 12.1. The van der Waals surface area contributed by atoms with E-state index < -0.39 is 11.7 Å². The van der Waals surface area contributed by atoms with Crippen molar-refractivity contribution < 1.29 is 19.1 Å². The summed E-state index contributed by atoms with van der Waals surface area (Å²) in [4.78, 5) is 38.1. The lowest BCUT2D eigenvalue weighted by molar-refractivity contribution is -0.142. The first-order valence-electron chi connectivity index (χ1n) is 10.1. The monoisotopic (exact) mass is 437 g/mol. The lowest BCUT2D eigenvalue weighted by Crippen LogP contribution is -2.49. The number of ether oxygens (including phenoxy) is 2. The van der Waals surface area contributed by atoms with Crippen molar-refractivity contribution >= 4 is 40.5 Å². The molecule has 30 heavy (non-hydrogen) atoms. The first-order chi connectivity index (χ1) is 14.1. The quantitative estimate of drug-likeness (QED) is 0.545. The molecule has 164 valence electrons. The van der Waals surface area contributed by atoms with Crippen molar-refractivity contribution in [1.82, 2.24) is 20.3 Å². The largest absolute Gasteiger partial charge is 0.466 e. The second-order valence-corrected chi connectivity index (χ2v) is 8.65. The van der Waals surface area contributed by atoms with E-state index in [4.69, 9.17) is 21.1 Å². The highest BCUT2D eigenvalue weighted by Crippen LogP contribution is 2.28. The molecular formula is C20H28ClN5O4. The maximum Gasteiger partial charge on any atom is 0.407 e. The van der Waals surface area contributed by atoms with Crippen LogP contribution in [-0.2, 0) is 20.7 Å². The van der Waals surface area contributed by atoms with Gasteiger partial charge in [-0.25, -0.2) is 14.8 Å². The fourth-order valence-electron chi connectivity index (χ4n) is 3.43. The Hall–Kier alpha value is -2.55. The number of nitrogens with one attached hydrogen (secondary N) is 2. The Bertz CT molecular complexity index is 924. The number of pyridine rings is 1. The highest BCUT2D eigenvalue weighted by molar-refractivity contribution is 6.30. The van der Waals surface area contributed by atoms with Gasteiger partial charge >= 0.3 is 12.1 Å². The van der Waals surface area contributed by atoms with Gasteiger partial charge in [-0.2, -0.15) is 0 Å². The van der Waals surface area contributed by atoms with Gasteiger partial charge in [0, 0.05) is 25.2 Å². The Morgan fingerprint density at radius 1 is 1.37 bits per heavy atom. The number of halogens is 1. The molecule has 1 atom stereocenters. The maximum atomic E-state index is 12.1. The molecule has 1 aliphatic rings. The van der Waals surface area contributed by atoms with E-state index in [2.05, 4.69) is 25.2 Å². The van der Waals surface area contributed by atoms with Gasteiger partial charge in [0.15, 0.2) is 5.82 Å². The van der Waals surface area contributed by atoms with Gasteiger partial charge in [-0.1, -0.05) is 11.6 Å². The number of anilines is 1. The van der Waals surface area contributed by atoms with Gasteiger partial charge < -0.3 is 24.7 Å². The summed E-state index contributed by atoms with van der Waals surface area (Å²) in [7, 11) is 0. The number of esters is 1. The summed E-state index contributed by atoms with van der Waals surface area (Å²) in [5.74, 6) is 0.769. The third-order valence-corrected chi connectivity index (χ3v) is 4.72. The molecule has 10 heteroatoms. The van der Waals surface area contributed by atoms with E-state index in [-0.39, 0.29) is 18.4 Å². The zero-order valence-electron chi connectivity index (χ0n) is 17.7. The molecule has 1 saturated heterocycles. The first-order valence-corrected chi connectivity index (χ1v) is 10.5. The number of nitrogens with zero attached hydrogens (tertiary/aromatic N) is 3. The van der Waals surface area contributed by atoms with E-state index in [9.17, 15) is 9.59 Å². The van der Waals surface area contributed by atoms with Crippen molar-refractivity contribution in [3.05, 3.63) is 17.0 Å². The summed E-state index contributed by atoms with van der Waals surface area (Å²) >= 11 is 6.23. The SMILES string of the molecule is CCOC(=O)Cc1nc2c(N3CCCC(NC(=O)OC(C)(C)C)C3)nc(Cl)cc2[nH]1. The fourth-order valence-corrected chi connectivity index (χ4v) is 3.62. The molecule has 2 N–H and O–H groups in total. The van der Waals surface area contributed by atoms with Gasteiger partial charge in [-0.15, -0.1) is 0 Å². The van der Waals surface area contributed by atoms with E-state index in [0.717, 1.165) is 19.4 Å². The van der Waals surface area contributed by atoms with Crippen LogP contribution in [0.4, 0.5) is 10.6 Å². The number of carbonyl (C=O) groups excluding carboxylic acids is 2. The highest BCUT2D eigenvalue weighted by Gasteiger charge is 2.27. The number of rotatable bonds is 5. The van der Waals surface area contributed by atoms with Gasteiger partial charge in [-0.05, 0) is 40.5 Å². The van der Waals surface area contributed by atoms with Crippen LogP contribution in [0.3, 0.4) is 0 Å². The van der Waals surface area contributed by atoms with E-state index in [0.29, 0.717) is 41.0 Å². The van der Waals surface area contributed by atoms with Gasteiger partial charge in [-0.3, -0.25) is 4.79 Å². The number of hydrogen-bond donors (Lipinski definition) is 2. The van der Waals surface area contributed by atoms with Crippen LogP contribution >= 0.6 is 11.6 Å². The summed E-state index contributed by atoms with van der Waals surface area (Å²) < 4.78 is 10.4. The van der Waals surface area contributed by atoms with E-state index in [1.807, 2.05) is 20.8 Å². The van der Waals surface area contributed by atoms with Gasteiger partial charge in [0.1, 0.15) is 28.5 Å². The summed E-state index contributed by atoms with van der Waals surface area (Å²) in [5, 5.41) is 3.26. The number of aromatic amines is 1. The fraction of sp³-hybridized carbons (Fsp3) is 0.600. The van der Waals surface area contributed by atoms with Crippen molar-refractivity contribution in [2.45, 2.75) is 58.6 Å². The minimum atomic E-state index is -0.552. The summed E-state index contributed by atoms with van der Waals surface area (Å²) in [6.07, 6.45) is 1.32. The summed E-state index contributed by atoms with van der Waals surface area (Å²) in [6.45, 7) is 8.89. The Kier molecular flexibility index (Phi) is 6.70. The zero-order chi connectivity index (χ0) is 21.9. The molecule has 2 aromatic heterocycles. The molecule has 0 bridgehead atoms. The minimum absolute atomic E-state index is 0.0441. The van der Waals surface area contributed by atoms with E-state index in [1.165, 1.54) is 0 Å². The van der Waals surface area contributed by atoms with Gasteiger partial charge in [0.25, 0.3) is 0 Å². The third-order valence-electron chi connectivity index (χ3n) is 4.53. The van der Waals surface area contributed by atoms with Crippen molar-refractivity contribution in [2.75, 3.05) is 24.6 Å². The molecule has 0 aliphatic carbocycles. The van der Waals surface area contributed by atoms with Crippen LogP contribution in [-0.4, -0.2) is 58.4 Å².